The first-order valence-corrected chi connectivity index (χ1v) is 31.6. The second-order valence-corrected chi connectivity index (χ2v) is 22.1. The molecular weight excluding hydrogens is 1050 g/mol. The number of aliphatic carboxylic acids is 1. The van der Waals surface area contributed by atoms with Gasteiger partial charge in [-0.1, -0.05) is 117 Å². The van der Waals surface area contributed by atoms with Crippen LogP contribution >= 0.6 is 0 Å². The van der Waals surface area contributed by atoms with E-state index >= 15 is 0 Å². The Morgan fingerprint density at radius 1 is 0.561 bits per heavy atom. The lowest BCUT2D eigenvalue weighted by Gasteiger charge is -2.20. The van der Waals surface area contributed by atoms with Crippen LogP contribution in [0.1, 0.15) is 233 Å². The summed E-state index contributed by atoms with van der Waals surface area (Å²) in [5.41, 5.74) is 0. The molecule has 1 rings (SSSR count). The van der Waals surface area contributed by atoms with Crippen LogP contribution in [0, 0.1) is 17.8 Å². The van der Waals surface area contributed by atoms with E-state index in [1.165, 1.54) is 77.6 Å². The van der Waals surface area contributed by atoms with Crippen LogP contribution in [0.15, 0.2) is 0 Å². The highest BCUT2D eigenvalue weighted by Crippen LogP contribution is 2.25. The van der Waals surface area contributed by atoms with Gasteiger partial charge < -0.3 is 50.6 Å². The van der Waals surface area contributed by atoms with Crippen molar-refractivity contribution in [2.24, 2.45) is 17.8 Å². The van der Waals surface area contributed by atoms with Gasteiger partial charge in [0.05, 0.1) is 39.6 Å². The smallest absolute Gasteiger partial charge is 0.326 e. The Morgan fingerprint density at radius 3 is 1.77 bits per heavy atom. The van der Waals surface area contributed by atoms with E-state index in [1.807, 2.05) is 6.92 Å². The van der Waals surface area contributed by atoms with Gasteiger partial charge in [0, 0.05) is 82.5 Å². The van der Waals surface area contributed by atoms with Gasteiger partial charge in [0.1, 0.15) is 42.4 Å². The summed E-state index contributed by atoms with van der Waals surface area (Å²) in [6.45, 7) is 7.76. The Labute approximate surface area is 491 Å². The monoisotopic (exact) mass is 1160 g/mol. The molecule has 0 aromatic heterocycles. The number of carboxylic acids is 1. The third kappa shape index (κ3) is 43.9. The summed E-state index contributed by atoms with van der Waals surface area (Å²) in [4.78, 5) is 125. The third-order valence-corrected chi connectivity index (χ3v) is 15.1. The lowest BCUT2D eigenvalue weighted by Crippen LogP contribution is -2.41. The molecule has 1 saturated heterocycles. The van der Waals surface area contributed by atoms with E-state index in [4.69, 9.17) is 18.9 Å². The van der Waals surface area contributed by atoms with E-state index in [-0.39, 0.29) is 175 Å². The molecule has 5 amide bonds. The van der Waals surface area contributed by atoms with Crippen molar-refractivity contribution in [3.8, 4) is 0 Å². The van der Waals surface area contributed by atoms with Gasteiger partial charge >= 0.3 is 5.97 Å². The predicted molar refractivity (Wildman–Crippen MR) is 315 cm³/mol. The minimum absolute atomic E-state index is 0.0310. The molecule has 20 heteroatoms. The van der Waals surface area contributed by atoms with E-state index in [2.05, 4.69) is 33.5 Å². The van der Waals surface area contributed by atoms with Crippen LogP contribution in [0.4, 0.5) is 0 Å². The number of hydrogen-bond donors (Lipinski definition) is 6. The lowest BCUT2D eigenvalue weighted by molar-refractivity contribution is -0.142. The number of carboxylic acid groups (broad SMARTS) is 1. The van der Waals surface area contributed by atoms with Crippen molar-refractivity contribution in [1.82, 2.24) is 26.6 Å². The number of amides is 5. The molecule has 0 aromatic carbocycles. The van der Waals surface area contributed by atoms with Crippen molar-refractivity contribution >= 4 is 58.6 Å². The van der Waals surface area contributed by atoms with Gasteiger partial charge in [-0.05, 0) is 77.6 Å². The van der Waals surface area contributed by atoms with Crippen molar-refractivity contribution in [3.05, 3.63) is 0 Å². The first kappa shape index (κ1) is 75.4. The minimum atomic E-state index is -1.15. The van der Waals surface area contributed by atoms with Crippen molar-refractivity contribution in [2.75, 3.05) is 79.0 Å². The molecule has 1 aliphatic rings. The largest absolute Gasteiger partial charge is 0.480 e. The maximum absolute atomic E-state index is 13.4. The highest BCUT2D eigenvalue weighted by atomic mass is 16.5. The van der Waals surface area contributed by atoms with Gasteiger partial charge in [-0.3, -0.25) is 43.2 Å². The Kier molecular flexibility index (Phi) is 47.7. The number of Topliss-reactive ketones (excluding diaryl/α,β-unsaturated/α-hetero) is 4. The summed E-state index contributed by atoms with van der Waals surface area (Å²) in [5, 5.41) is 23.1. The fourth-order valence-corrected chi connectivity index (χ4v) is 9.89. The summed E-state index contributed by atoms with van der Waals surface area (Å²) < 4.78 is 21.7. The van der Waals surface area contributed by atoms with Gasteiger partial charge in [-0.2, -0.15) is 0 Å². The van der Waals surface area contributed by atoms with Gasteiger partial charge in [-0.25, -0.2) is 4.79 Å². The van der Waals surface area contributed by atoms with Crippen molar-refractivity contribution in [1.29, 1.82) is 0 Å². The number of carbonyl (C=O) groups excluding carboxylic acids is 9. The van der Waals surface area contributed by atoms with E-state index in [0.29, 0.717) is 71.1 Å². The first-order valence-electron chi connectivity index (χ1n) is 31.6. The number of rotatable bonds is 49. The number of unbranched alkanes of at least 4 members (excludes halogenated alkanes) is 15. The number of carbonyl (C=O) groups is 10. The molecule has 0 aliphatic carbocycles. The van der Waals surface area contributed by atoms with Gasteiger partial charge in [0.2, 0.25) is 29.5 Å². The topological polar surface area (TPSA) is 288 Å². The van der Waals surface area contributed by atoms with Crippen LogP contribution in [-0.2, 0) is 66.9 Å². The number of nitrogens with one attached hydrogen (secondary N) is 5. The maximum Gasteiger partial charge on any atom is 0.326 e. The van der Waals surface area contributed by atoms with Crippen LogP contribution < -0.4 is 26.6 Å². The Bertz CT molecular complexity index is 1800. The number of ether oxygens (including phenoxy) is 4. The van der Waals surface area contributed by atoms with Crippen molar-refractivity contribution in [2.45, 2.75) is 239 Å². The minimum Gasteiger partial charge on any atom is -0.480 e. The van der Waals surface area contributed by atoms with Crippen LogP contribution in [0.25, 0.3) is 0 Å². The molecular formula is C62H109N5O15. The third-order valence-electron chi connectivity index (χ3n) is 15.1. The summed E-state index contributed by atoms with van der Waals surface area (Å²) in [7, 11) is 0. The number of hydrogen-bond acceptors (Lipinski definition) is 14. The average molecular weight is 1160 g/mol. The second-order valence-electron chi connectivity index (χ2n) is 22.1. The van der Waals surface area contributed by atoms with Crippen LogP contribution in [-0.4, -0.2) is 149 Å². The molecule has 0 aromatic rings. The fraction of sp³-hybridized carbons (Fsp3) is 0.839. The second kappa shape index (κ2) is 51.9. The normalized spacial score (nSPS) is 16.4. The Morgan fingerprint density at radius 2 is 1.16 bits per heavy atom. The molecule has 472 valence electrons. The van der Waals surface area contributed by atoms with Crippen LogP contribution in [0.5, 0.6) is 0 Å². The Hall–Kier alpha value is -4.66. The standard InChI is InChI=1S/C62H109N5O15/c1-4-6-7-8-9-10-11-12-13-14-15-16-17-18-19-28-58(73)67-54(62(77)78)33-32-53(69)27-24-40-79-42-44-81-48-61(76)65-39-41-80-43-45-82-47-60(75)64-38-22-20-25-50(5-2)55(70)35-30-52-31-36-57(72)66-46-59(74)63-37-23-21-26-51(49(3)68)29-34-56(52)71/h50-52,54H,4-48H2,1-3H3,(H,63,74)(H,64,75)(H,65,76)(H,66,72)(H,67,73)(H,77,78)/t50-,51+,52-,54?/m0/s1. The Balaban J connectivity index is 2.08. The first-order chi connectivity index (χ1) is 39.7. The quantitative estimate of drug-likeness (QED) is 0.0313. The molecule has 1 unspecified atom stereocenters. The van der Waals surface area contributed by atoms with Gasteiger partial charge in [0.15, 0.2) is 0 Å². The van der Waals surface area contributed by atoms with Crippen LogP contribution in [0.2, 0.25) is 0 Å². The summed E-state index contributed by atoms with van der Waals surface area (Å²) >= 11 is 0. The van der Waals surface area contributed by atoms with Gasteiger partial charge in [-0.15, -0.1) is 0 Å². The predicted octanol–water partition coefficient (Wildman–Crippen LogP) is 8.16. The van der Waals surface area contributed by atoms with E-state index in [9.17, 15) is 53.1 Å². The fourth-order valence-electron chi connectivity index (χ4n) is 9.89. The van der Waals surface area contributed by atoms with E-state index in [1.54, 1.807) is 0 Å². The molecule has 1 aliphatic heterocycles. The molecule has 0 bridgehead atoms. The molecule has 0 spiro atoms. The van der Waals surface area contributed by atoms with Crippen LogP contribution in [0.3, 0.4) is 0 Å². The molecule has 0 saturated carbocycles. The summed E-state index contributed by atoms with van der Waals surface area (Å²) in [6, 6.07) is -1.10. The highest BCUT2D eigenvalue weighted by molar-refractivity contribution is 5.87. The molecule has 6 N–H and O–H groups in total. The lowest BCUT2D eigenvalue weighted by atomic mass is 9.84. The highest BCUT2D eigenvalue weighted by Gasteiger charge is 2.26. The molecule has 0 radical (unpaired) electrons. The maximum atomic E-state index is 13.4. The van der Waals surface area contributed by atoms with E-state index in [0.717, 1.165) is 38.5 Å². The SMILES string of the molecule is CCCCCCCCCCCCCCCCCC(=O)NC(CCC(=O)CCCOCCOCC(=O)NCCOCCOCC(=O)NCCCC[C@H](CC)C(=O)CC[C@H]1CCC(=O)NCC(=O)NCCCC[C@@H](C(C)=O)CCC1=O)C(=O)O. The molecule has 4 atom stereocenters. The van der Waals surface area contributed by atoms with Crippen molar-refractivity contribution < 1.29 is 72.0 Å². The van der Waals surface area contributed by atoms with Crippen molar-refractivity contribution in [3.63, 3.8) is 0 Å². The van der Waals surface area contributed by atoms with E-state index < -0.39 is 17.9 Å². The molecule has 1 heterocycles. The zero-order chi connectivity index (χ0) is 60.3. The zero-order valence-corrected chi connectivity index (χ0v) is 50.8. The molecule has 82 heavy (non-hydrogen) atoms. The summed E-state index contributed by atoms with van der Waals surface area (Å²) in [6.07, 6.45) is 25.7. The zero-order valence-electron chi connectivity index (χ0n) is 50.8. The average Bonchev–Trinajstić information content (AvgIpc) is 3.45. The molecule has 20 nitrogen and oxygen atoms in total. The summed E-state index contributed by atoms with van der Waals surface area (Å²) in [5.74, 6) is -3.65. The molecule has 1 fully saturated rings. The van der Waals surface area contributed by atoms with Gasteiger partial charge in [0.25, 0.3) is 0 Å². The number of ketones is 4.